The van der Waals surface area contributed by atoms with E-state index in [1.54, 1.807) is 14.0 Å². The van der Waals surface area contributed by atoms with E-state index >= 15 is 0 Å². The summed E-state index contributed by atoms with van der Waals surface area (Å²) in [4.78, 5) is 2.23. The lowest BCUT2D eigenvalue weighted by Crippen LogP contribution is -2.30. The first-order valence-electron chi connectivity index (χ1n) is 6.05. The second-order valence-electron chi connectivity index (χ2n) is 4.75. The SMILES string of the molecule is Cc1oc(CCl)cc1S(=O)(=O)N(C)CCCN(C)C. The van der Waals surface area contributed by atoms with E-state index in [0.717, 1.165) is 13.0 Å². The van der Waals surface area contributed by atoms with Gasteiger partial charge in [-0.1, -0.05) is 0 Å². The minimum atomic E-state index is -3.49. The van der Waals surface area contributed by atoms with Crippen LogP contribution in [0.2, 0.25) is 0 Å². The number of alkyl halides is 1. The van der Waals surface area contributed by atoms with E-state index < -0.39 is 10.0 Å². The molecule has 0 atom stereocenters. The van der Waals surface area contributed by atoms with Gasteiger partial charge < -0.3 is 9.32 Å². The molecule has 0 aliphatic carbocycles. The fourth-order valence-electron chi connectivity index (χ4n) is 1.74. The Morgan fingerprint density at radius 3 is 2.37 bits per heavy atom. The van der Waals surface area contributed by atoms with Crippen molar-refractivity contribution in [3.63, 3.8) is 0 Å². The summed E-state index contributed by atoms with van der Waals surface area (Å²) < 4.78 is 31.4. The van der Waals surface area contributed by atoms with Gasteiger partial charge in [-0.25, -0.2) is 12.7 Å². The van der Waals surface area contributed by atoms with Crippen LogP contribution >= 0.6 is 11.6 Å². The standard InChI is InChI=1S/C12H21ClN2O3S/c1-10-12(8-11(9-13)18-10)19(16,17)15(4)7-5-6-14(2)3/h8H,5-7,9H2,1-4H3. The molecule has 0 N–H and O–H groups in total. The highest BCUT2D eigenvalue weighted by Gasteiger charge is 2.25. The van der Waals surface area contributed by atoms with Crippen molar-refractivity contribution >= 4 is 21.6 Å². The molecule has 0 saturated heterocycles. The summed E-state index contributed by atoms with van der Waals surface area (Å²) in [6, 6.07) is 1.50. The normalized spacial score (nSPS) is 12.6. The van der Waals surface area contributed by atoms with Crippen molar-refractivity contribution in [3.05, 3.63) is 17.6 Å². The van der Waals surface area contributed by atoms with E-state index in [0.29, 0.717) is 18.1 Å². The zero-order chi connectivity index (χ0) is 14.6. The van der Waals surface area contributed by atoms with Gasteiger partial charge in [-0.15, -0.1) is 11.6 Å². The van der Waals surface area contributed by atoms with Crippen LogP contribution in [0.25, 0.3) is 0 Å². The smallest absolute Gasteiger partial charge is 0.246 e. The third kappa shape index (κ3) is 4.21. The van der Waals surface area contributed by atoms with Crippen LogP contribution in [0, 0.1) is 6.92 Å². The first-order chi connectivity index (χ1) is 8.78. The van der Waals surface area contributed by atoms with Crippen LogP contribution in [-0.4, -0.2) is 51.9 Å². The van der Waals surface area contributed by atoms with Crippen LogP contribution in [0.3, 0.4) is 0 Å². The van der Waals surface area contributed by atoms with E-state index in [2.05, 4.69) is 0 Å². The Morgan fingerprint density at radius 2 is 1.89 bits per heavy atom. The quantitative estimate of drug-likeness (QED) is 0.722. The van der Waals surface area contributed by atoms with Gasteiger partial charge in [-0.2, -0.15) is 0 Å². The summed E-state index contributed by atoms with van der Waals surface area (Å²) >= 11 is 5.65. The Bertz CT molecular complexity index is 511. The molecule has 1 aromatic heterocycles. The molecule has 110 valence electrons. The molecule has 0 fully saturated rings. The Balaban J connectivity index is 2.81. The average molecular weight is 309 g/mol. The third-order valence-electron chi connectivity index (χ3n) is 2.82. The maximum absolute atomic E-state index is 12.4. The molecule has 0 saturated carbocycles. The first-order valence-corrected chi connectivity index (χ1v) is 8.03. The molecule has 0 spiro atoms. The topological polar surface area (TPSA) is 53.8 Å². The predicted octanol–water partition coefficient (Wildman–Crippen LogP) is 1.90. The van der Waals surface area contributed by atoms with Crippen molar-refractivity contribution in [2.24, 2.45) is 0 Å². The summed E-state index contributed by atoms with van der Waals surface area (Å²) in [5, 5.41) is 0. The molecule has 0 bridgehead atoms. The molecular weight excluding hydrogens is 288 g/mol. The number of furan rings is 1. The molecule has 19 heavy (non-hydrogen) atoms. The van der Waals surface area contributed by atoms with Crippen LogP contribution in [0.15, 0.2) is 15.4 Å². The van der Waals surface area contributed by atoms with Crippen molar-refractivity contribution < 1.29 is 12.8 Å². The molecule has 0 aliphatic heterocycles. The minimum Gasteiger partial charge on any atom is -0.464 e. The van der Waals surface area contributed by atoms with Crippen molar-refractivity contribution in [2.45, 2.75) is 24.1 Å². The van der Waals surface area contributed by atoms with Gasteiger partial charge in [0.1, 0.15) is 16.4 Å². The summed E-state index contributed by atoms with van der Waals surface area (Å²) in [6.07, 6.45) is 0.780. The summed E-state index contributed by atoms with van der Waals surface area (Å²) in [5.74, 6) is 1.02. The number of sulfonamides is 1. The largest absolute Gasteiger partial charge is 0.464 e. The van der Waals surface area contributed by atoms with E-state index in [1.807, 2.05) is 19.0 Å². The zero-order valence-corrected chi connectivity index (χ0v) is 13.4. The lowest BCUT2D eigenvalue weighted by Gasteiger charge is -2.17. The number of halogens is 1. The Kier molecular flexibility index (Phi) is 5.85. The van der Waals surface area contributed by atoms with Crippen LogP contribution in [0.1, 0.15) is 17.9 Å². The van der Waals surface area contributed by atoms with E-state index in [-0.39, 0.29) is 10.8 Å². The summed E-state index contributed by atoms with van der Waals surface area (Å²) in [5.41, 5.74) is 0. The number of hydrogen-bond donors (Lipinski definition) is 0. The molecule has 0 unspecified atom stereocenters. The molecule has 1 rings (SSSR count). The molecule has 7 heteroatoms. The van der Waals surface area contributed by atoms with Gasteiger partial charge in [0, 0.05) is 19.7 Å². The molecule has 1 aromatic rings. The van der Waals surface area contributed by atoms with Crippen molar-refractivity contribution in [2.75, 3.05) is 34.2 Å². The first kappa shape index (κ1) is 16.5. The van der Waals surface area contributed by atoms with Gasteiger partial charge in [0.05, 0.1) is 5.88 Å². The van der Waals surface area contributed by atoms with Crippen LogP contribution in [0.4, 0.5) is 0 Å². The number of hydrogen-bond acceptors (Lipinski definition) is 4. The monoisotopic (exact) mass is 308 g/mol. The van der Waals surface area contributed by atoms with Crippen LogP contribution < -0.4 is 0 Å². The molecule has 1 heterocycles. The van der Waals surface area contributed by atoms with Crippen LogP contribution in [0.5, 0.6) is 0 Å². The second-order valence-corrected chi connectivity index (χ2v) is 7.03. The van der Waals surface area contributed by atoms with Gasteiger partial charge in [-0.05, 0) is 34.0 Å². The summed E-state index contributed by atoms with van der Waals surface area (Å²) in [6.45, 7) is 2.95. The molecule has 0 aromatic carbocycles. The van der Waals surface area contributed by atoms with Gasteiger partial charge in [0.15, 0.2) is 0 Å². The van der Waals surface area contributed by atoms with Crippen molar-refractivity contribution in [1.82, 2.24) is 9.21 Å². The Hall–Kier alpha value is -0.560. The molecular formula is C12H21ClN2O3S. The van der Waals surface area contributed by atoms with E-state index in [1.165, 1.54) is 10.4 Å². The van der Waals surface area contributed by atoms with E-state index in [9.17, 15) is 8.42 Å². The molecule has 0 radical (unpaired) electrons. The maximum atomic E-state index is 12.4. The van der Waals surface area contributed by atoms with Crippen molar-refractivity contribution in [3.8, 4) is 0 Å². The number of rotatable bonds is 7. The average Bonchev–Trinajstić information content (AvgIpc) is 2.70. The van der Waals surface area contributed by atoms with E-state index in [4.69, 9.17) is 16.0 Å². The van der Waals surface area contributed by atoms with Gasteiger partial charge >= 0.3 is 0 Å². The minimum absolute atomic E-state index is 0.167. The zero-order valence-electron chi connectivity index (χ0n) is 11.8. The molecule has 0 aliphatic rings. The Labute approximate surface area is 120 Å². The predicted molar refractivity (Wildman–Crippen MR) is 76.0 cm³/mol. The lowest BCUT2D eigenvalue weighted by molar-refractivity contribution is 0.370. The fourth-order valence-corrected chi connectivity index (χ4v) is 3.27. The molecule has 0 amide bonds. The fraction of sp³-hybridized carbons (Fsp3) is 0.667. The van der Waals surface area contributed by atoms with Gasteiger partial charge in [-0.3, -0.25) is 0 Å². The highest BCUT2D eigenvalue weighted by atomic mass is 35.5. The second kappa shape index (κ2) is 6.74. The van der Waals surface area contributed by atoms with Gasteiger partial charge in [0.25, 0.3) is 0 Å². The highest BCUT2D eigenvalue weighted by Crippen LogP contribution is 2.23. The maximum Gasteiger partial charge on any atom is 0.246 e. The number of nitrogens with zero attached hydrogens (tertiary/aromatic N) is 2. The molecule has 5 nitrogen and oxygen atoms in total. The number of aryl methyl sites for hydroxylation is 1. The summed E-state index contributed by atoms with van der Waals surface area (Å²) in [7, 11) is 2.01. The third-order valence-corrected chi connectivity index (χ3v) is 5.05. The Morgan fingerprint density at radius 1 is 1.26 bits per heavy atom. The van der Waals surface area contributed by atoms with Gasteiger partial charge in [0.2, 0.25) is 10.0 Å². The lowest BCUT2D eigenvalue weighted by atomic mass is 10.4. The highest BCUT2D eigenvalue weighted by molar-refractivity contribution is 7.89. The van der Waals surface area contributed by atoms with Crippen molar-refractivity contribution in [1.29, 1.82) is 0 Å². The van der Waals surface area contributed by atoms with Crippen LogP contribution in [-0.2, 0) is 15.9 Å².